The molecule has 0 unspecified atom stereocenters. The van der Waals surface area contributed by atoms with Gasteiger partial charge in [-0.05, 0) is 37.8 Å². The van der Waals surface area contributed by atoms with Gasteiger partial charge in [0, 0.05) is 33.3 Å². The van der Waals surface area contributed by atoms with Crippen LogP contribution in [0.25, 0.3) is 10.2 Å². The van der Waals surface area contributed by atoms with E-state index in [4.69, 9.17) is 9.72 Å². The highest BCUT2D eigenvalue weighted by molar-refractivity contribution is 7.18. The molecule has 2 aliphatic rings. The number of carbonyl (C=O) groups excluding carboxylic acids is 1. The first-order valence-corrected chi connectivity index (χ1v) is 9.83. The molecular formula is C19H25N3O2S. The molecule has 1 saturated carbocycles. The van der Waals surface area contributed by atoms with Crippen molar-refractivity contribution in [1.29, 1.82) is 0 Å². The van der Waals surface area contributed by atoms with Gasteiger partial charge in [0.05, 0.1) is 16.8 Å². The zero-order valence-electron chi connectivity index (χ0n) is 14.9. The van der Waals surface area contributed by atoms with Crippen LogP contribution in [0.3, 0.4) is 0 Å². The van der Waals surface area contributed by atoms with Gasteiger partial charge in [-0.15, -0.1) is 11.3 Å². The van der Waals surface area contributed by atoms with Crippen LogP contribution < -0.4 is 0 Å². The highest BCUT2D eigenvalue weighted by Crippen LogP contribution is 2.42. The van der Waals surface area contributed by atoms with E-state index in [9.17, 15) is 4.79 Å². The molecule has 1 aromatic heterocycles. The van der Waals surface area contributed by atoms with E-state index >= 15 is 0 Å². The first-order chi connectivity index (χ1) is 12.1. The average Bonchev–Trinajstić information content (AvgIpc) is 3.42. The number of nitrogens with zero attached hydrogens (tertiary/aromatic N) is 3. The quantitative estimate of drug-likeness (QED) is 0.823. The van der Waals surface area contributed by atoms with Crippen molar-refractivity contribution in [1.82, 2.24) is 14.8 Å². The van der Waals surface area contributed by atoms with E-state index in [2.05, 4.69) is 23.1 Å². The van der Waals surface area contributed by atoms with Gasteiger partial charge in [-0.2, -0.15) is 0 Å². The van der Waals surface area contributed by atoms with E-state index in [1.807, 2.05) is 17.9 Å². The second-order valence-corrected chi connectivity index (χ2v) is 8.34. The van der Waals surface area contributed by atoms with Crippen LogP contribution in [0.5, 0.6) is 0 Å². The fourth-order valence-corrected chi connectivity index (χ4v) is 4.67. The SMILES string of the molecule is CO[C@](C)(C(=O)N1CCN(Cc2nc3ccccc3s2)CC1)C1CC1. The Kier molecular flexibility index (Phi) is 4.52. The summed E-state index contributed by atoms with van der Waals surface area (Å²) >= 11 is 1.76. The van der Waals surface area contributed by atoms with Crippen LogP contribution in [-0.2, 0) is 16.1 Å². The van der Waals surface area contributed by atoms with Gasteiger partial charge in [0.15, 0.2) is 0 Å². The molecule has 1 atom stereocenters. The Morgan fingerprint density at radius 3 is 2.64 bits per heavy atom. The summed E-state index contributed by atoms with van der Waals surface area (Å²) in [6, 6.07) is 8.27. The second-order valence-electron chi connectivity index (χ2n) is 7.23. The van der Waals surface area contributed by atoms with Gasteiger partial charge < -0.3 is 9.64 Å². The second kappa shape index (κ2) is 6.67. The molecule has 134 valence electrons. The van der Waals surface area contributed by atoms with Crippen LogP contribution in [0.4, 0.5) is 0 Å². The summed E-state index contributed by atoms with van der Waals surface area (Å²) < 4.78 is 6.86. The van der Waals surface area contributed by atoms with E-state index in [1.54, 1.807) is 18.4 Å². The third-order valence-electron chi connectivity index (χ3n) is 5.56. The predicted octanol–water partition coefficient (Wildman–Crippen LogP) is 2.76. The minimum atomic E-state index is -0.630. The number of thiazole rings is 1. The van der Waals surface area contributed by atoms with Crippen LogP contribution >= 0.6 is 11.3 Å². The Bertz CT molecular complexity index is 732. The number of hydrogen-bond donors (Lipinski definition) is 0. The number of hydrogen-bond acceptors (Lipinski definition) is 5. The molecule has 0 N–H and O–H groups in total. The zero-order valence-corrected chi connectivity index (χ0v) is 15.7. The molecule has 1 aliphatic carbocycles. The number of para-hydroxylation sites is 1. The Morgan fingerprint density at radius 2 is 2.00 bits per heavy atom. The van der Waals surface area contributed by atoms with Crippen molar-refractivity contribution in [2.24, 2.45) is 5.92 Å². The first kappa shape index (κ1) is 16.9. The maximum atomic E-state index is 12.9. The van der Waals surface area contributed by atoms with Crippen LogP contribution in [0, 0.1) is 5.92 Å². The number of aromatic nitrogens is 1. The normalized spacial score (nSPS) is 21.4. The number of rotatable bonds is 5. The Labute approximate surface area is 152 Å². The highest BCUT2D eigenvalue weighted by atomic mass is 32.1. The van der Waals surface area contributed by atoms with Crippen LogP contribution in [0.2, 0.25) is 0 Å². The molecule has 2 aromatic rings. The standard InChI is InChI=1S/C19H25N3O2S/c1-19(24-2,14-7-8-14)18(23)22-11-9-21(10-12-22)13-17-20-15-5-3-4-6-16(15)25-17/h3-6,14H,7-13H2,1-2H3/t19-/m0/s1. The largest absolute Gasteiger partial charge is 0.368 e. The summed E-state index contributed by atoms with van der Waals surface area (Å²) in [6.45, 7) is 6.16. The minimum absolute atomic E-state index is 0.164. The number of carbonyl (C=O) groups is 1. The summed E-state index contributed by atoms with van der Waals surface area (Å²) in [5.41, 5.74) is 0.450. The summed E-state index contributed by atoms with van der Waals surface area (Å²) in [5, 5.41) is 1.15. The van der Waals surface area contributed by atoms with Gasteiger partial charge in [0.1, 0.15) is 10.6 Å². The monoisotopic (exact) mass is 359 g/mol. The molecule has 0 radical (unpaired) electrons. The molecule has 0 bridgehead atoms. The summed E-state index contributed by atoms with van der Waals surface area (Å²) in [4.78, 5) is 22.0. The molecule has 1 saturated heterocycles. The maximum absolute atomic E-state index is 12.9. The number of methoxy groups -OCH3 is 1. The van der Waals surface area contributed by atoms with Gasteiger partial charge in [0.25, 0.3) is 5.91 Å². The van der Waals surface area contributed by atoms with Crippen LogP contribution in [0.1, 0.15) is 24.8 Å². The van der Waals surface area contributed by atoms with Gasteiger partial charge in [-0.3, -0.25) is 9.69 Å². The van der Waals surface area contributed by atoms with Gasteiger partial charge in [-0.25, -0.2) is 4.98 Å². The fourth-order valence-electron chi connectivity index (χ4n) is 3.66. The van der Waals surface area contributed by atoms with Crippen LogP contribution in [0.15, 0.2) is 24.3 Å². The third-order valence-corrected chi connectivity index (χ3v) is 6.58. The molecule has 1 aliphatic heterocycles. The predicted molar refractivity (Wildman–Crippen MR) is 99.6 cm³/mol. The minimum Gasteiger partial charge on any atom is -0.368 e. The van der Waals surface area contributed by atoms with Crippen molar-refractivity contribution in [3.05, 3.63) is 29.3 Å². The van der Waals surface area contributed by atoms with Crippen molar-refractivity contribution in [3.8, 4) is 0 Å². The Hall–Kier alpha value is -1.50. The van der Waals surface area contributed by atoms with Crippen molar-refractivity contribution in [3.63, 3.8) is 0 Å². The topological polar surface area (TPSA) is 45.7 Å². The lowest BCUT2D eigenvalue weighted by atomic mass is 9.97. The number of ether oxygens (including phenoxy) is 1. The van der Waals surface area contributed by atoms with E-state index in [1.165, 1.54) is 4.70 Å². The first-order valence-electron chi connectivity index (χ1n) is 9.01. The van der Waals surface area contributed by atoms with Crippen LogP contribution in [-0.4, -0.2) is 59.6 Å². The maximum Gasteiger partial charge on any atom is 0.254 e. The van der Waals surface area contributed by atoms with E-state index in [0.29, 0.717) is 5.92 Å². The Morgan fingerprint density at radius 1 is 1.28 bits per heavy atom. The van der Waals surface area contributed by atoms with Gasteiger partial charge >= 0.3 is 0 Å². The van der Waals surface area contributed by atoms with E-state index < -0.39 is 5.60 Å². The zero-order chi connectivity index (χ0) is 17.4. The molecule has 1 aromatic carbocycles. The number of fused-ring (bicyclic) bond motifs is 1. The molecular weight excluding hydrogens is 334 g/mol. The summed E-state index contributed by atoms with van der Waals surface area (Å²) in [7, 11) is 1.67. The van der Waals surface area contributed by atoms with Crippen molar-refractivity contribution in [2.75, 3.05) is 33.3 Å². The highest BCUT2D eigenvalue weighted by Gasteiger charge is 2.49. The Balaban J connectivity index is 1.35. The van der Waals surface area contributed by atoms with Crippen molar-refractivity contribution in [2.45, 2.75) is 31.9 Å². The lowest BCUT2D eigenvalue weighted by molar-refractivity contribution is -0.157. The van der Waals surface area contributed by atoms with Gasteiger partial charge in [-0.1, -0.05) is 12.1 Å². The molecule has 0 spiro atoms. The molecule has 2 heterocycles. The third kappa shape index (κ3) is 3.30. The number of piperazine rings is 1. The van der Waals surface area contributed by atoms with Crippen molar-refractivity contribution < 1.29 is 9.53 Å². The smallest absolute Gasteiger partial charge is 0.254 e. The number of amides is 1. The summed E-state index contributed by atoms with van der Waals surface area (Å²) in [6.07, 6.45) is 2.21. The van der Waals surface area contributed by atoms with E-state index in [-0.39, 0.29) is 5.91 Å². The molecule has 1 amide bonds. The average molecular weight is 359 g/mol. The van der Waals surface area contributed by atoms with Crippen molar-refractivity contribution >= 4 is 27.5 Å². The number of benzene rings is 1. The molecule has 4 rings (SSSR count). The molecule has 5 nitrogen and oxygen atoms in total. The summed E-state index contributed by atoms with van der Waals surface area (Å²) in [5.74, 6) is 0.558. The lowest BCUT2D eigenvalue weighted by Crippen LogP contribution is -2.56. The molecule has 25 heavy (non-hydrogen) atoms. The molecule has 2 fully saturated rings. The fraction of sp³-hybridized carbons (Fsp3) is 0.579. The van der Waals surface area contributed by atoms with Gasteiger partial charge in [0.2, 0.25) is 0 Å². The molecule has 6 heteroatoms. The lowest BCUT2D eigenvalue weighted by Gasteiger charge is -2.39. The van der Waals surface area contributed by atoms with E-state index in [0.717, 1.165) is 56.1 Å².